The van der Waals surface area contributed by atoms with Crippen LogP contribution in [0.5, 0.6) is 0 Å². The van der Waals surface area contributed by atoms with Gasteiger partial charge in [0.1, 0.15) is 4.66 Å². The first-order chi connectivity index (χ1) is 8.60. The number of nitrogens with zero attached hydrogens (tertiary/aromatic N) is 1. The molecule has 1 aromatic carbocycles. The second-order valence-corrected chi connectivity index (χ2v) is 9.24. The van der Waals surface area contributed by atoms with Gasteiger partial charge >= 0.3 is 0 Å². The SMILES string of the molecule is Cc1ccc(NS(=O)(=O)CBr)cc1S(=O)(=O)N(C)C. The molecule has 6 nitrogen and oxygen atoms in total. The van der Waals surface area contributed by atoms with Crippen LogP contribution in [0.15, 0.2) is 23.1 Å². The predicted molar refractivity (Wildman–Crippen MR) is 78.4 cm³/mol. The summed E-state index contributed by atoms with van der Waals surface area (Å²) in [6, 6.07) is 4.39. The van der Waals surface area contributed by atoms with Crippen molar-refractivity contribution >= 4 is 41.7 Å². The molecule has 0 unspecified atom stereocenters. The lowest BCUT2D eigenvalue weighted by Gasteiger charge is -2.15. The number of hydrogen-bond donors (Lipinski definition) is 1. The van der Waals surface area contributed by atoms with E-state index < -0.39 is 20.0 Å². The van der Waals surface area contributed by atoms with Crippen molar-refractivity contribution < 1.29 is 16.8 Å². The first-order valence-electron chi connectivity index (χ1n) is 5.20. The van der Waals surface area contributed by atoms with Crippen molar-refractivity contribution in [3.05, 3.63) is 23.8 Å². The lowest BCUT2D eigenvalue weighted by Crippen LogP contribution is -2.23. The molecule has 1 rings (SSSR count). The Morgan fingerprint density at radius 3 is 2.26 bits per heavy atom. The van der Waals surface area contributed by atoms with E-state index >= 15 is 0 Å². The molecular weight excluding hydrogens is 356 g/mol. The Morgan fingerprint density at radius 2 is 1.79 bits per heavy atom. The fourth-order valence-electron chi connectivity index (χ4n) is 1.35. The highest BCUT2D eigenvalue weighted by molar-refractivity contribution is 9.10. The molecule has 0 aromatic heterocycles. The third-order valence-corrected chi connectivity index (χ3v) is 6.96. The largest absolute Gasteiger partial charge is 0.283 e. The third kappa shape index (κ3) is 3.91. The Kier molecular flexibility index (Phi) is 4.99. The number of aryl methyl sites for hydroxylation is 1. The summed E-state index contributed by atoms with van der Waals surface area (Å²) in [5.74, 6) is 0. The molecule has 1 aromatic rings. The summed E-state index contributed by atoms with van der Waals surface area (Å²) in [4.78, 5) is 0.0762. The maximum Gasteiger partial charge on any atom is 0.242 e. The Bertz CT molecular complexity index is 669. The number of sulfonamides is 2. The van der Waals surface area contributed by atoms with E-state index in [2.05, 4.69) is 20.7 Å². The number of halogens is 1. The fraction of sp³-hybridized carbons (Fsp3) is 0.400. The summed E-state index contributed by atoms with van der Waals surface area (Å²) in [5.41, 5.74) is 0.765. The van der Waals surface area contributed by atoms with Crippen LogP contribution >= 0.6 is 15.9 Å². The summed E-state index contributed by atoms with van der Waals surface area (Å²) in [6.07, 6.45) is 0. The molecule has 0 atom stereocenters. The minimum Gasteiger partial charge on any atom is -0.283 e. The van der Waals surface area contributed by atoms with Gasteiger partial charge in [-0.05, 0) is 24.6 Å². The second-order valence-electron chi connectivity index (χ2n) is 4.09. The molecular formula is C10H15BrN2O4S2. The lowest BCUT2D eigenvalue weighted by atomic mass is 10.2. The highest BCUT2D eigenvalue weighted by Gasteiger charge is 2.20. The van der Waals surface area contributed by atoms with E-state index in [1.807, 2.05) is 0 Å². The number of alkyl halides is 1. The molecule has 9 heteroatoms. The van der Waals surface area contributed by atoms with Crippen molar-refractivity contribution in [2.75, 3.05) is 23.5 Å². The molecule has 0 bridgehead atoms. The van der Waals surface area contributed by atoms with E-state index in [1.54, 1.807) is 13.0 Å². The monoisotopic (exact) mass is 370 g/mol. The number of anilines is 1. The summed E-state index contributed by atoms with van der Waals surface area (Å²) < 4.78 is 50.1. The van der Waals surface area contributed by atoms with Crippen LogP contribution in [0.3, 0.4) is 0 Å². The maximum absolute atomic E-state index is 12.1. The summed E-state index contributed by atoms with van der Waals surface area (Å²) in [5, 5.41) is 0. The molecule has 0 heterocycles. The van der Waals surface area contributed by atoms with Crippen molar-refractivity contribution in [1.29, 1.82) is 0 Å². The minimum absolute atomic E-state index is 0.0762. The van der Waals surface area contributed by atoms with Gasteiger partial charge in [0, 0.05) is 19.8 Å². The fourth-order valence-corrected chi connectivity index (χ4v) is 3.37. The zero-order valence-electron chi connectivity index (χ0n) is 10.7. The van der Waals surface area contributed by atoms with Crippen LogP contribution < -0.4 is 4.72 Å². The normalized spacial score (nSPS) is 12.7. The van der Waals surface area contributed by atoms with Gasteiger partial charge in [-0.1, -0.05) is 22.0 Å². The highest BCUT2D eigenvalue weighted by atomic mass is 79.9. The molecule has 0 aliphatic heterocycles. The van der Waals surface area contributed by atoms with Gasteiger partial charge in [-0.15, -0.1) is 0 Å². The van der Waals surface area contributed by atoms with Crippen LogP contribution in [0.1, 0.15) is 5.56 Å². The van der Waals surface area contributed by atoms with Gasteiger partial charge in [0.15, 0.2) is 0 Å². The molecule has 108 valence electrons. The van der Waals surface area contributed by atoms with Gasteiger partial charge in [0.25, 0.3) is 0 Å². The second kappa shape index (κ2) is 5.78. The van der Waals surface area contributed by atoms with Gasteiger partial charge in [0.05, 0.1) is 4.90 Å². The highest BCUT2D eigenvalue weighted by Crippen LogP contribution is 2.23. The number of rotatable bonds is 5. The Balaban J connectivity index is 3.31. The third-order valence-electron chi connectivity index (χ3n) is 2.36. The minimum atomic E-state index is -3.61. The predicted octanol–water partition coefficient (Wildman–Crippen LogP) is 1.34. The van der Waals surface area contributed by atoms with Crippen LogP contribution in [0.2, 0.25) is 0 Å². The molecule has 0 saturated heterocycles. The maximum atomic E-state index is 12.1. The van der Waals surface area contributed by atoms with E-state index in [0.717, 1.165) is 4.31 Å². The van der Waals surface area contributed by atoms with Crippen LogP contribution in [-0.4, -0.2) is 39.9 Å². The van der Waals surface area contributed by atoms with Gasteiger partial charge in [-0.3, -0.25) is 4.72 Å². The molecule has 0 fully saturated rings. The van der Waals surface area contributed by atoms with Gasteiger partial charge in [0.2, 0.25) is 20.0 Å². The van der Waals surface area contributed by atoms with Crippen LogP contribution in [0, 0.1) is 6.92 Å². The van der Waals surface area contributed by atoms with Gasteiger partial charge in [-0.25, -0.2) is 21.1 Å². The van der Waals surface area contributed by atoms with Crippen LogP contribution in [0.4, 0.5) is 5.69 Å². The van der Waals surface area contributed by atoms with E-state index in [0.29, 0.717) is 5.56 Å². The Labute approximate surface area is 122 Å². The van der Waals surface area contributed by atoms with Crippen LogP contribution in [-0.2, 0) is 20.0 Å². The van der Waals surface area contributed by atoms with E-state index in [9.17, 15) is 16.8 Å². The van der Waals surface area contributed by atoms with Gasteiger partial charge in [-0.2, -0.15) is 0 Å². The number of hydrogen-bond acceptors (Lipinski definition) is 4. The average molecular weight is 371 g/mol. The molecule has 19 heavy (non-hydrogen) atoms. The van der Waals surface area contributed by atoms with Gasteiger partial charge < -0.3 is 0 Å². The quantitative estimate of drug-likeness (QED) is 0.792. The molecule has 0 aliphatic carbocycles. The molecule has 0 spiro atoms. The molecule has 0 aliphatic rings. The first-order valence-corrected chi connectivity index (χ1v) is 9.41. The Morgan fingerprint density at radius 1 is 1.21 bits per heavy atom. The van der Waals surface area contributed by atoms with Crippen molar-refractivity contribution in [2.24, 2.45) is 0 Å². The molecule has 1 N–H and O–H groups in total. The standard InChI is InChI=1S/C10H15BrN2O4S2/c1-8-4-5-9(12-18(14,15)7-11)6-10(8)19(16,17)13(2)3/h4-6,12H,7H2,1-3H3. The number of nitrogens with one attached hydrogen (secondary N) is 1. The van der Waals surface area contributed by atoms with Crippen molar-refractivity contribution in [1.82, 2.24) is 4.31 Å². The molecule has 0 amide bonds. The zero-order valence-corrected chi connectivity index (χ0v) is 13.9. The van der Waals surface area contributed by atoms with E-state index in [4.69, 9.17) is 0 Å². The van der Waals surface area contributed by atoms with Crippen LogP contribution in [0.25, 0.3) is 0 Å². The summed E-state index contributed by atoms with van der Waals surface area (Å²) >= 11 is 2.85. The lowest BCUT2D eigenvalue weighted by molar-refractivity contribution is 0.520. The topological polar surface area (TPSA) is 83.5 Å². The van der Waals surface area contributed by atoms with E-state index in [-0.39, 0.29) is 15.2 Å². The number of benzene rings is 1. The average Bonchev–Trinajstić information content (AvgIpc) is 2.31. The smallest absolute Gasteiger partial charge is 0.242 e. The molecule has 0 saturated carbocycles. The first kappa shape index (κ1) is 16.4. The van der Waals surface area contributed by atoms with Crippen molar-refractivity contribution in [2.45, 2.75) is 11.8 Å². The molecule has 0 radical (unpaired) electrons. The Hall–Kier alpha value is -0.640. The van der Waals surface area contributed by atoms with Crippen molar-refractivity contribution in [3.8, 4) is 0 Å². The van der Waals surface area contributed by atoms with Crippen molar-refractivity contribution in [3.63, 3.8) is 0 Å². The van der Waals surface area contributed by atoms with E-state index in [1.165, 1.54) is 26.2 Å². The summed E-state index contributed by atoms with van der Waals surface area (Å²) in [6.45, 7) is 1.65. The zero-order chi connectivity index (χ0) is 14.8. The summed E-state index contributed by atoms with van der Waals surface area (Å²) in [7, 11) is -4.27.